The molecular formula is C21H18F2N2O4. The number of ether oxygens (including phenoxy) is 1. The summed E-state index contributed by atoms with van der Waals surface area (Å²) in [5, 5.41) is 2.56. The number of aldehydes is 1. The fraction of sp³-hybridized carbons (Fsp3) is 0.190. The summed E-state index contributed by atoms with van der Waals surface area (Å²) in [4.78, 5) is 35.1. The normalized spacial score (nSPS) is 16.5. The van der Waals surface area contributed by atoms with Gasteiger partial charge < -0.3 is 10.1 Å². The van der Waals surface area contributed by atoms with Crippen LogP contribution in [0.3, 0.4) is 0 Å². The lowest BCUT2D eigenvalue weighted by molar-refractivity contribution is -0.119. The second-order valence-corrected chi connectivity index (χ2v) is 6.49. The van der Waals surface area contributed by atoms with Crippen LogP contribution < -0.4 is 10.2 Å². The molecule has 0 aliphatic carbocycles. The monoisotopic (exact) mass is 400 g/mol. The highest BCUT2D eigenvalue weighted by Crippen LogP contribution is 2.27. The molecule has 1 saturated heterocycles. The predicted molar refractivity (Wildman–Crippen MR) is 104 cm³/mol. The van der Waals surface area contributed by atoms with Crippen LogP contribution >= 0.6 is 0 Å². The van der Waals surface area contributed by atoms with E-state index in [4.69, 9.17) is 4.74 Å². The van der Waals surface area contributed by atoms with Gasteiger partial charge in [0.1, 0.15) is 24.0 Å². The summed E-state index contributed by atoms with van der Waals surface area (Å²) in [7, 11) is 0. The van der Waals surface area contributed by atoms with Crippen LogP contribution in [0.1, 0.15) is 28.4 Å². The molecular weight excluding hydrogens is 382 g/mol. The second kappa shape index (κ2) is 8.64. The van der Waals surface area contributed by atoms with Gasteiger partial charge in [-0.1, -0.05) is 18.2 Å². The lowest BCUT2D eigenvalue weighted by atomic mass is 10.1. The zero-order valence-electron chi connectivity index (χ0n) is 15.5. The topological polar surface area (TPSA) is 75.7 Å². The van der Waals surface area contributed by atoms with Crippen molar-refractivity contribution >= 4 is 35.9 Å². The van der Waals surface area contributed by atoms with Crippen molar-refractivity contribution in [3.05, 3.63) is 65.0 Å². The van der Waals surface area contributed by atoms with E-state index in [0.717, 1.165) is 12.1 Å². The first-order valence-electron chi connectivity index (χ1n) is 8.82. The number of cyclic esters (lactones) is 1. The summed E-state index contributed by atoms with van der Waals surface area (Å²) >= 11 is 0. The molecule has 1 aliphatic heterocycles. The number of rotatable bonds is 6. The second-order valence-electron chi connectivity index (χ2n) is 6.49. The standard InChI is InChI=1S/C21H18F2N2O4/c1-13(27)24-10-18-11-25(21(28)29-18)17-6-5-16(20(23)9-17)8-19(22)15-4-2-3-14(7-15)12-26/h2-9,12,18H,10-11H2,1H3,(H,24,27)/b19-8-/t18-/m0/s1. The Morgan fingerprint density at radius 3 is 2.79 bits per heavy atom. The van der Waals surface area contributed by atoms with E-state index in [1.165, 1.54) is 48.2 Å². The van der Waals surface area contributed by atoms with Crippen molar-refractivity contribution in [3.8, 4) is 0 Å². The summed E-state index contributed by atoms with van der Waals surface area (Å²) in [6.45, 7) is 1.66. The Kier molecular flexibility index (Phi) is 6.01. The average Bonchev–Trinajstić information content (AvgIpc) is 3.08. The Labute approximate surface area is 165 Å². The van der Waals surface area contributed by atoms with E-state index in [9.17, 15) is 23.2 Å². The van der Waals surface area contributed by atoms with Crippen molar-refractivity contribution in [1.29, 1.82) is 0 Å². The van der Waals surface area contributed by atoms with Crippen LogP contribution in [0.2, 0.25) is 0 Å². The molecule has 29 heavy (non-hydrogen) atoms. The number of anilines is 1. The highest BCUT2D eigenvalue weighted by molar-refractivity contribution is 5.90. The van der Waals surface area contributed by atoms with Crippen LogP contribution in [0.15, 0.2) is 42.5 Å². The molecule has 2 amide bonds. The maximum Gasteiger partial charge on any atom is 0.414 e. The zero-order valence-corrected chi connectivity index (χ0v) is 15.5. The molecule has 2 aromatic carbocycles. The van der Waals surface area contributed by atoms with Gasteiger partial charge in [-0.25, -0.2) is 13.6 Å². The highest BCUT2D eigenvalue weighted by atomic mass is 19.1. The van der Waals surface area contributed by atoms with Crippen LogP contribution in [0.25, 0.3) is 11.9 Å². The summed E-state index contributed by atoms with van der Waals surface area (Å²) in [6, 6.07) is 9.84. The van der Waals surface area contributed by atoms with Crippen molar-refractivity contribution in [1.82, 2.24) is 5.32 Å². The number of nitrogens with zero attached hydrogens (tertiary/aromatic N) is 1. The van der Waals surface area contributed by atoms with Gasteiger partial charge in [0.2, 0.25) is 5.91 Å². The van der Waals surface area contributed by atoms with Crippen LogP contribution in [0.5, 0.6) is 0 Å². The van der Waals surface area contributed by atoms with Gasteiger partial charge in [0.15, 0.2) is 0 Å². The molecule has 1 atom stereocenters. The summed E-state index contributed by atoms with van der Waals surface area (Å²) < 4.78 is 34.1. The van der Waals surface area contributed by atoms with Crippen molar-refractivity contribution in [2.24, 2.45) is 0 Å². The molecule has 150 valence electrons. The fourth-order valence-corrected chi connectivity index (χ4v) is 2.88. The number of carbonyl (C=O) groups excluding carboxylic acids is 3. The average molecular weight is 400 g/mol. The Bertz CT molecular complexity index is 990. The number of amides is 2. The Morgan fingerprint density at radius 1 is 1.31 bits per heavy atom. The van der Waals surface area contributed by atoms with E-state index in [1.54, 1.807) is 0 Å². The smallest absolute Gasteiger partial charge is 0.414 e. The third kappa shape index (κ3) is 4.84. The minimum atomic E-state index is -0.720. The summed E-state index contributed by atoms with van der Waals surface area (Å²) in [5.41, 5.74) is 0.716. The fourth-order valence-electron chi connectivity index (χ4n) is 2.88. The maximum absolute atomic E-state index is 14.5. The number of hydrogen-bond acceptors (Lipinski definition) is 4. The van der Waals surface area contributed by atoms with Crippen LogP contribution in [0, 0.1) is 5.82 Å². The van der Waals surface area contributed by atoms with Gasteiger partial charge in [0.05, 0.1) is 18.8 Å². The molecule has 0 aromatic heterocycles. The van der Waals surface area contributed by atoms with E-state index >= 15 is 0 Å². The van der Waals surface area contributed by atoms with Crippen molar-refractivity contribution in [2.75, 3.05) is 18.0 Å². The maximum atomic E-state index is 14.5. The first-order valence-corrected chi connectivity index (χ1v) is 8.82. The Hall–Kier alpha value is -3.55. The molecule has 0 bridgehead atoms. The van der Waals surface area contributed by atoms with Crippen molar-refractivity contribution in [2.45, 2.75) is 13.0 Å². The molecule has 1 aliphatic rings. The molecule has 8 heteroatoms. The molecule has 1 heterocycles. The minimum absolute atomic E-state index is 0.00915. The summed E-state index contributed by atoms with van der Waals surface area (Å²) in [6.07, 6.45) is 0.419. The van der Waals surface area contributed by atoms with Gasteiger partial charge in [-0.05, 0) is 30.3 Å². The SMILES string of the molecule is CC(=O)NC[C@H]1CN(c2ccc(/C=C(\F)c3cccc(C=O)c3)c(F)c2)C(=O)O1. The van der Waals surface area contributed by atoms with Crippen molar-refractivity contribution in [3.63, 3.8) is 0 Å². The van der Waals surface area contributed by atoms with Crippen LogP contribution in [-0.2, 0) is 9.53 Å². The number of carbonyl (C=O) groups is 3. The minimum Gasteiger partial charge on any atom is -0.442 e. The highest BCUT2D eigenvalue weighted by Gasteiger charge is 2.32. The molecule has 0 unspecified atom stereocenters. The molecule has 6 nitrogen and oxygen atoms in total. The van der Waals surface area contributed by atoms with Gasteiger partial charge in [-0.2, -0.15) is 0 Å². The van der Waals surface area contributed by atoms with Crippen molar-refractivity contribution < 1.29 is 27.9 Å². The largest absolute Gasteiger partial charge is 0.442 e. The molecule has 0 spiro atoms. The molecule has 3 rings (SSSR count). The van der Waals surface area contributed by atoms with Crippen LogP contribution in [0.4, 0.5) is 19.3 Å². The molecule has 2 aromatic rings. The molecule has 0 saturated carbocycles. The van der Waals surface area contributed by atoms with Gasteiger partial charge in [0.25, 0.3) is 0 Å². The Balaban J connectivity index is 1.77. The molecule has 1 fully saturated rings. The van der Waals surface area contributed by atoms with E-state index in [0.29, 0.717) is 11.8 Å². The van der Waals surface area contributed by atoms with E-state index < -0.39 is 23.8 Å². The lowest BCUT2D eigenvalue weighted by Crippen LogP contribution is -2.33. The number of hydrogen-bond donors (Lipinski definition) is 1. The van der Waals surface area contributed by atoms with Crippen LogP contribution in [-0.4, -0.2) is 37.5 Å². The summed E-state index contributed by atoms with van der Waals surface area (Å²) in [5.74, 6) is -1.67. The lowest BCUT2D eigenvalue weighted by Gasteiger charge is -2.14. The predicted octanol–water partition coefficient (Wildman–Crippen LogP) is 3.57. The van der Waals surface area contributed by atoms with Gasteiger partial charge in [0, 0.05) is 23.6 Å². The first-order chi connectivity index (χ1) is 13.9. The number of benzene rings is 2. The van der Waals surface area contributed by atoms with E-state index in [-0.39, 0.29) is 35.8 Å². The third-order valence-electron chi connectivity index (χ3n) is 4.33. The van der Waals surface area contributed by atoms with Gasteiger partial charge >= 0.3 is 6.09 Å². The quantitative estimate of drug-likeness (QED) is 0.594. The van der Waals surface area contributed by atoms with Gasteiger partial charge in [-0.3, -0.25) is 14.5 Å². The molecule has 0 radical (unpaired) electrons. The Morgan fingerprint density at radius 2 is 2.10 bits per heavy atom. The van der Waals surface area contributed by atoms with E-state index in [1.807, 2.05) is 0 Å². The third-order valence-corrected chi connectivity index (χ3v) is 4.33. The zero-order chi connectivity index (χ0) is 21.0. The number of nitrogens with one attached hydrogen (secondary N) is 1. The molecule has 1 N–H and O–H groups in total. The first kappa shape index (κ1) is 20.2. The van der Waals surface area contributed by atoms with E-state index in [2.05, 4.69) is 5.32 Å². The van der Waals surface area contributed by atoms with Gasteiger partial charge in [-0.15, -0.1) is 0 Å². The number of halogens is 2.